The van der Waals surface area contributed by atoms with Crippen molar-refractivity contribution < 1.29 is 18.7 Å². The Morgan fingerprint density at radius 3 is 2.57 bits per heavy atom. The molecule has 3 aliphatic rings. The van der Waals surface area contributed by atoms with E-state index >= 15 is 0 Å². The van der Waals surface area contributed by atoms with Crippen LogP contribution in [0.4, 0.5) is 10.2 Å². The van der Waals surface area contributed by atoms with Gasteiger partial charge in [0.2, 0.25) is 5.91 Å². The van der Waals surface area contributed by atoms with Gasteiger partial charge in [0.1, 0.15) is 17.8 Å². The van der Waals surface area contributed by atoms with Gasteiger partial charge in [0, 0.05) is 23.0 Å². The summed E-state index contributed by atoms with van der Waals surface area (Å²) in [4.78, 5) is 40.9. The van der Waals surface area contributed by atoms with Gasteiger partial charge in [-0.1, -0.05) is 12.6 Å². The average molecular weight is 475 g/mol. The zero-order chi connectivity index (χ0) is 24.8. The van der Waals surface area contributed by atoms with Crippen molar-refractivity contribution >= 4 is 17.6 Å². The maximum atomic E-state index is 14.9. The van der Waals surface area contributed by atoms with Gasteiger partial charge in [-0.2, -0.15) is 0 Å². The first kappa shape index (κ1) is 22.4. The zero-order valence-corrected chi connectivity index (χ0v) is 18.8. The fourth-order valence-corrected chi connectivity index (χ4v) is 4.83. The fourth-order valence-electron chi connectivity index (χ4n) is 4.83. The molecular weight excluding hydrogens is 453 g/mol. The number of nitrogen functional groups attached to an aromatic ring is 1. The van der Waals surface area contributed by atoms with Crippen LogP contribution in [-0.4, -0.2) is 42.8 Å². The second kappa shape index (κ2) is 8.12. The zero-order valence-electron chi connectivity index (χ0n) is 18.8. The highest BCUT2D eigenvalue weighted by Crippen LogP contribution is 2.60. The van der Waals surface area contributed by atoms with Crippen LogP contribution in [0, 0.1) is 12.7 Å². The Bertz CT molecular complexity index is 1360. The van der Waals surface area contributed by atoms with Gasteiger partial charge in [-0.3, -0.25) is 9.59 Å². The molecule has 3 aromatic rings. The summed E-state index contributed by atoms with van der Waals surface area (Å²) >= 11 is 0. The number of halogens is 1. The Balaban J connectivity index is 1.35. The molecule has 2 aromatic heterocycles. The molecule has 1 aromatic carbocycles. The minimum Gasteiger partial charge on any atom is -0.421 e. The molecule has 2 heterocycles. The number of benzene rings is 1. The van der Waals surface area contributed by atoms with Crippen molar-refractivity contribution in [2.45, 2.75) is 37.3 Å². The molecule has 11 heteroatoms. The van der Waals surface area contributed by atoms with Crippen LogP contribution < -0.4 is 21.1 Å². The van der Waals surface area contributed by atoms with Gasteiger partial charge in [-0.25, -0.2) is 24.3 Å². The standard InChI is InChI=1S/C24H22FN7O3/c1-3-17(33)31-23-9-24(10-23,11-23)32-21(34)19-18(20(26)29-12-28-19)14-4-5-16(15(25)8-14)35-22-27-7-6-13(2)30-22/h3-8,12H,1,9-11H2,2H3,(H,31,33)(H,32,34)(H2,26,28,29). The molecule has 2 bridgehead atoms. The molecule has 4 N–H and O–H groups in total. The lowest BCUT2D eigenvalue weighted by Gasteiger charge is -2.70. The molecular formula is C24H22FN7O3. The smallest absolute Gasteiger partial charge is 0.322 e. The van der Waals surface area contributed by atoms with E-state index in [1.807, 2.05) is 0 Å². The number of anilines is 1. The van der Waals surface area contributed by atoms with Gasteiger partial charge in [0.25, 0.3) is 5.91 Å². The number of hydrogen-bond acceptors (Lipinski definition) is 8. The van der Waals surface area contributed by atoms with E-state index in [4.69, 9.17) is 10.5 Å². The molecule has 0 radical (unpaired) electrons. The van der Waals surface area contributed by atoms with E-state index in [0.29, 0.717) is 30.5 Å². The second-order valence-electron chi connectivity index (χ2n) is 8.95. The summed E-state index contributed by atoms with van der Waals surface area (Å²) in [6.45, 7) is 5.23. The number of carbonyl (C=O) groups is 2. The SMILES string of the molecule is C=CC(=O)NC12CC(NC(=O)c3ncnc(N)c3-c3ccc(Oc4nccc(C)n4)c(F)c3)(C1)C2. The van der Waals surface area contributed by atoms with Crippen LogP contribution in [0.2, 0.25) is 0 Å². The first-order valence-corrected chi connectivity index (χ1v) is 10.9. The van der Waals surface area contributed by atoms with Gasteiger partial charge in [0.15, 0.2) is 11.6 Å². The third-order valence-corrected chi connectivity index (χ3v) is 6.27. The third-order valence-electron chi connectivity index (χ3n) is 6.27. The monoisotopic (exact) mass is 475 g/mol. The lowest BCUT2D eigenvalue weighted by atomic mass is 9.44. The predicted octanol–water partition coefficient (Wildman–Crippen LogP) is 2.46. The summed E-state index contributed by atoms with van der Waals surface area (Å²) in [5.74, 6) is -1.43. The quantitative estimate of drug-likeness (QED) is 0.442. The molecule has 0 atom stereocenters. The van der Waals surface area contributed by atoms with Crippen molar-refractivity contribution in [2.75, 3.05) is 5.73 Å². The molecule has 3 aliphatic carbocycles. The van der Waals surface area contributed by atoms with E-state index in [2.05, 4.69) is 37.1 Å². The van der Waals surface area contributed by atoms with Gasteiger partial charge < -0.3 is 21.1 Å². The van der Waals surface area contributed by atoms with E-state index in [0.717, 1.165) is 0 Å². The molecule has 2 amide bonds. The molecule has 10 nitrogen and oxygen atoms in total. The Kier molecular flexibility index (Phi) is 5.19. The van der Waals surface area contributed by atoms with E-state index in [1.54, 1.807) is 19.1 Å². The first-order chi connectivity index (χ1) is 16.7. The van der Waals surface area contributed by atoms with E-state index in [9.17, 15) is 14.0 Å². The summed E-state index contributed by atoms with van der Waals surface area (Å²) in [5, 5.41) is 5.90. The van der Waals surface area contributed by atoms with E-state index < -0.39 is 17.3 Å². The lowest BCUT2D eigenvalue weighted by Crippen LogP contribution is -2.83. The van der Waals surface area contributed by atoms with Crippen molar-refractivity contribution in [3.05, 3.63) is 66.6 Å². The predicted molar refractivity (Wildman–Crippen MR) is 124 cm³/mol. The number of aromatic nitrogens is 4. The third kappa shape index (κ3) is 4.05. The van der Waals surface area contributed by atoms with Gasteiger partial charge >= 0.3 is 6.01 Å². The molecule has 0 unspecified atom stereocenters. The number of nitrogens with two attached hydrogens (primary N) is 1. The number of rotatable bonds is 7. The summed E-state index contributed by atoms with van der Waals surface area (Å²) in [5.41, 5.74) is 6.58. The largest absolute Gasteiger partial charge is 0.421 e. The highest BCUT2D eigenvalue weighted by atomic mass is 19.1. The lowest BCUT2D eigenvalue weighted by molar-refractivity contribution is -0.135. The van der Waals surface area contributed by atoms with E-state index in [1.165, 1.54) is 30.7 Å². The van der Waals surface area contributed by atoms with Gasteiger partial charge in [-0.05, 0) is 56.0 Å². The summed E-state index contributed by atoms with van der Waals surface area (Å²) < 4.78 is 20.4. The average Bonchev–Trinajstić information content (AvgIpc) is 2.78. The van der Waals surface area contributed by atoms with E-state index in [-0.39, 0.29) is 40.3 Å². The number of hydrogen-bond donors (Lipinski definition) is 3. The number of carbonyl (C=O) groups excluding carboxylic acids is 2. The van der Waals surface area contributed by atoms with Crippen molar-refractivity contribution in [1.82, 2.24) is 30.6 Å². The topological polar surface area (TPSA) is 145 Å². The molecule has 178 valence electrons. The highest BCUT2D eigenvalue weighted by molar-refractivity contribution is 6.02. The summed E-state index contributed by atoms with van der Waals surface area (Å²) in [7, 11) is 0. The normalized spacial score (nSPS) is 21.8. The maximum Gasteiger partial charge on any atom is 0.322 e. The van der Waals surface area contributed by atoms with Gasteiger partial charge in [-0.15, -0.1) is 0 Å². The Morgan fingerprint density at radius 1 is 1.14 bits per heavy atom. The Hall–Kier alpha value is -4.41. The molecule has 6 rings (SSSR count). The second-order valence-corrected chi connectivity index (χ2v) is 8.95. The first-order valence-electron chi connectivity index (χ1n) is 10.9. The van der Waals surface area contributed by atoms with Crippen molar-refractivity contribution in [3.63, 3.8) is 0 Å². The van der Waals surface area contributed by atoms with Crippen molar-refractivity contribution in [2.24, 2.45) is 0 Å². The van der Waals surface area contributed by atoms with Crippen LogP contribution in [0.15, 0.2) is 49.4 Å². The number of aryl methyl sites for hydroxylation is 1. The van der Waals surface area contributed by atoms with Crippen LogP contribution in [0.5, 0.6) is 11.8 Å². The molecule has 3 fully saturated rings. The van der Waals surface area contributed by atoms with Crippen LogP contribution in [0.1, 0.15) is 35.4 Å². The number of ether oxygens (including phenoxy) is 1. The number of nitrogens with one attached hydrogen (secondary N) is 2. The van der Waals surface area contributed by atoms with Crippen LogP contribution in [-0.2, 0) is 4.79 Å². The molecule has 0 spiro atoms. The van der Waals surface area contributed by atoms with Crippen molar-refractivity contribution in [3.8, 4) is 22.9 Å². The van der Waals surface area contributed by atoms with Crippen LogP contribution in [0.3, 0.4) is 0 Å². The number of nitrogens with zero attached hydrogens (tertiary/aromatic N) is 4. The maximum absolute atomic E-state index is 14.9. The summed E-state index contributed by atoms with van der Waals surface area (Å²) in [6, 6.07) is 5.86. The molecule has 0 saturated heterocycles. The van der Waals surface area contributed by atoms with Crippen LogP contribution in [0.25, 0.3) is 11.1 Å². The molecule has 0 aliphatic heterocycles. The molecule has 3 saturated carbocycles. The fraction of sp³-hybridized carbons (Fsp3) is 0.250. The molecule has 35 heavy (non-hydrogen) atoms. The minimum absolute atomic E-state index is 0.0138. The Labute approximate surface area is 199 Å². The summed E-state index contributed by atoms with van der Waals surface area (Å²) in [6.07, 6.45) is 5.77. The van der Waals surface area contributed by atoms with Crippen LogP contribution >= 0.6 is 0 Å². The number of amides is 2. The Morgan fingerprint density at radius 2 is 1.89 bits per heavy atom. The van der Waals surface area contributed by atoms with Crippen molar-refractivity contribution in [1.29, 1.82) is 0 Å². The minimum atomic E-state index is -0.693. The highest BCUT2D eigenvalue weighted by Gasteiger charge is 2.69. The van der Waals surface area contributed by atoms with Gasteiger partial charge in [0.05, 0.1) is 5.56 Å².